The van der Waals surface area contributed by atoms with Gasteiger partial charge in [-0.3, -0.25) is 15.0 Å². The van der Waals surface area contributed by atoms with Gasteiger partial charge in [0, 0.05) is 17.5 Å². The molecule has 3 rings (SSSR count). The number of likely N-dealkylation sites (tertiary alicyclic amines) is 1. The fourth-order valence-electron chi connectivity index (χ4n) is 2.74. The standard InChI is InChI=1S/C17H19F2N3O2S/c18-16(19)24-14-6-4-12(5-7-14)15(23)21-17-20-13(11-25-17)10-22-8-2-1-3-9-22/h4-7,11,16H,1-3,8-10H2,(H,20,21,23). The molecule has 134 valence electrons. The second kappa shape index (κ2) is 8.35. The Morgan fingerprint density at radius 3 is 2.64 bits per heavy atom. The van der Waals surface area contributed by atoms with Crippen molar-refractivity contribution in [3.63, 3.8) is 0 Å². The number of hydrogen-bond acceptors (Lipinski definition) is 5. The van der Waals surface area contributed by atoms with Crippen LogP contribution in [0.25, 0.3) is 0 Å². The first-order valence-corrected chi connectivity index (χ1v) is 9.01. The van der Waals surface area contributed by atoms with E-state index in [4.69, 9.17) is 0 Å². The number of benzene rings is 1. The molecule has 5 nitrogen and oxygen atoms in total. The molecule has 0 spiro atoms. The monoisotopic (exact) mass is 367 g/mol. The van der Waals surface area contributed by atoms with Gasteiger partial charge in [0.1, 0.15) is 5.75 Å². The number of ether oxygens (including phenoxy) is 1. The Labute approximate surface area is 148 Å². The van der Waals surface area contributed by atoms with Crippen molar-refractivity contribution in [1.82, 2.24) is 9.88 Å². The minimum atomic E-state index is -2.88. The number of piperidine rings is 1. The molecule has 2 heterocycles. The number of hydrogen-bond donors (Lipinski definition) is 1. The summed E-state index contributed by atoms with van der Waals surface area (Å²) in [5, 5.41) is 5.22. The smallest absolute Gasteiger partial charge is 0.387 e. The topological polar surface area (TPSA) is 54.5 Å². The molecule has 8 heteroatoms. The van der Waals surface area contributed by atoms with Crippen LogP contribution in [0.4, 0.5) is 13.9 Å². The predicted molar refractivity (Wildman–Crippen MR) is 92.3 cm³/mol. The molecule has 0 aliphatic carbocycles. The third-order valence-corrected chi connectivity index (χ3v) is 4.75. The molecule has 1 saturated heterocycles. The van der Waals surface area contributed by atoms with Gasteiger partial charge in [-0.25, -0.2) is 4.98 Å². The lowest BCUT2D eigenvalue weighted by atomic mass is 10.1. The van der Waals surface area contributed by atoms with E-state index in [0.717, 1.165) is 25.3 Å². The summed E-state index contributed by atoms with van der Waals surface area (Å²) in [4.78, 5) is 19.0. The molecule has 1 amide bonds. The molecular formula is C17H19F2N3O2S. The summed E-state index contributed by atoms with van der Waals surface area (Å²) >= 11 is 1.38. The molecule has 0 bridgehead atoms. The van der Waals surface area contributed by atoms with E-state index < -0.39 is 6.61 Å². The number of carbonyl (C=O) groups is 1. The highest BCUT2D eigenvalue weighted by molar-refractivity contribution is 7.13. The van der Waals surface area contributed by atoms with Crippen LogP contribution in [0.1, 0.15) is 35.3 Å². The number of rotatable bonds is 6. The first-order valence-electron chi connectivity index (χ1n) is 8.13. The van der Waals surface area contributed by atoms with Gasteiger partial charge in [0.05, 0.1) is 5.69 Å². The van der Waals surface area contributed by atoms with E-state index in [1.807, 2.05) is 5.38 Å². The van der Waals surface area contributed by atoms with Gasteiger partial charge < -0.3 is 4.74 Å². The normalized spacial score (nSPS) is 15.3. The average molecular weight is 367 g/mol. The van der Waals surface area contributed by atoms with Gasteiger partial charge in [-0.1, -0.05) is 6.42 Å². The SMILES string of the molecule is O=C(Nc1nc(CN2CCCCC2)cs1)c1ccc(OC(F)F)cc1. The Bertz CT molecular complexity index is 700. The van der Waals surface area contributed by atoms with Crippen LogP contribution in [0.3, 0.4) is 0 Å². The molecular weight excluding hydrogens is 348 g/mol. The van der Waals surface area contributed by atoms with E-state index in [1.165, 1.54) is 54.9 Å². The van der Waals surface area contributed by atoms with Gasteiger partial charge in [-0.15, -0.1) is 11.3 Å². The lowest BCUT2D eigenvalue weighted by Crippen LogP contribution is -2.29. The highest BCUT2D eigenvalue weighted by Crippen LogP contribution is 2.20. The number of nitrogens with one attached hydrogen (secondary N) is 1. The van der Waals surface area contributed by atoms with Crippen LogP contribution >= 0.6 is 11.3 Å². The number of aromatic nitrogens is 1. The van der Waals surface area contributed by atoms with Gasteiger partial charge in [0.15, 0.2) is 5.13 Å². The van der Waals surface area contributed by atoms with Crippen molar-refractivity contribution in [2.45, 2.75) is 32.4 Å². The minimum absolute atomic E-state index is 0.0182. The number of nitrogens with zero attached hydrogens (tertiary/aromatic N) is 2. The van der Waals surface area contributed by atoms with Crippen molar-refractivity contribution >= 4 is 22.4 Å². The lowest BCUT2D eigenvalue weighted by molar-refractivity contribution is -0.0498. The molecule has 1 aliphatic heterocycles. The number of alkyl halides is 2. The molecule has 1 fully saturated rings. The molecule has 0 radical (unpaired) electrons. The molecule has 0 atom stereocenters. The van der Waals surface area contributed by atoms with E-state index in [9.17, 15) is 13.6 Å². The van der Waals surface area contributed by atoms with Crippen LogP contribution < -0.4 is 10.1 Å². The van der Waals surface area contributed by atoms with Gasteiger partial charge in [0.2, 0.25) is 0 Å². The van der Waals surface area contributed by atoms with Crippen LogP contribution in [0, 0.1) is 0 Å². The third kappa shape index (κ3) is 5.20. The van der Waals surface area contributed by atoms with E-state index >= 15 is 0 Å². The zero-order valence-corrected chi connectivity index (χ0v) is 14.4. The molecule has 0 unspecified atom stereocenters. The maximum atomic E-state index is 12.2. The molecule has 1 N–H and O–H groups in total. The van der Waals surface area contributed by atoms with Gasteiger partial charge in [-0.2, -0.15) is 8.78 Å². The van der Waals surface area contributed by atoms with Gasteiger partial charge >= 0.3 is 6.61 Å². The number of anilines is 1. The van der Waals surface area contributed by atoms with Crippen molar-refractivity contribution in [3.05, 3.63) is 40.9 Å². The summed E-state index contributed by atoms with van der Waals surface area (Å²) in [6.07, 6.45) is 3.73. The Balaban J connectivity index is 1.55. The van der Waals surface area contributed by atoms with Crippen molar-refractivity contribution in [2.75, 3.05) is 18.4 Å². The number of thiazole rings is 1. The Morgan fingerprint density at radius 1 is 1.24 bits per heavy atom. The van der Waals surface area contributed by atoms with Crippen molar-refractivity contribution < 1.29 is 18.3 Å². The van der Waals surface area contributed by atoms with Crippen molar-refractivity contribution in [2.24, 2.45) is 0 Å². The average Bonchev–Trinajstić information content (AvgIpc) is 3.02. The Kier molecular flexibility index (Phi) is 5.93. The molecule has 1 aliphatic rings. The van der Waals surface area contributed by atoms with Gasteiger partial charge in [0.25, 0.3) is 5.91 Å². The lowest BCUT2D eigenvalue weighted by Gasteiger charge is -2.25. The van der Waals surface area contributed by atoms with Crippen LogP contribution in [0.2, 0.25) is 0 Å². The molecule has 1 aromatic heterocycles. The summed E-state index contributed by atoms with van der Waals surface area (Å²) < 4.78 is 28.5. The number of halogens is 2. The summed E-state index contributed by atoms with van der Waals surface area (Å²) in [7, 11) is 0. The maximum Gasteiger partial charge on any atom is 0.387 e. The second-order valence-corrected chi connectivity index (χ2v) is 6.70. The first-order chi connectivity index (χ1) is 12.1. The van der Waals surface area contributed by atoms with Gasteiger partial charge in [-0.05, 0) is 50.2 Å². The molecule has 0 saturated carbocycles. The predicted octanol–water partition coefficient (Wildman–Crippen LogP) is 3.98. The molecule has 1 aromatic carbocycles. The highest BCUT2D eigenvalue weighted by Gasteiger charge is 2.14. The fraction of sp³-hybridized carbons (Fsp3) is 0.412. The second-order valence-electron chi connectivity index (χ2n) is 5.84. The quantitative estimate of drug-likeness (QED) is 0.839. The first kappa shape index (κ1) is 17.8. The van der Waals surface area contributed by atoms with E-state index in [2.05, 4.69) is 19.9 Å². The van der Waals surface area contributed by atoms with E-state index in [-0.39, 0.29) is 11.7 Å². The summed E-state index contributed by atoms with van der Waals surface area (Å²) in [6, 6.07) is 5.56. The van der Waals surface area contributed by atoms with Crippen LogP contribution in [-0.4, -0.2) is 35.5 Å². The van der Waals surface area contributed by atoms with Crippen LogP contribution in [-0.2, 0) is 6.54 Å². The number of amides is 1. The fourth-order valence-corrected chi connectivity index (χ4v) is 3.44. The largest absolute Gasteiger partial charge is 0.435 e. The van der Waals surface area contributed by atoms with Crippen LogP contribution in [0.5, 0.6) is 5.75 Å². The summed E-state index contributed by atoms with van der Waals surface area (Å²) in [5.41, 5.74) is 1.30. The zero-order valence-electron chi connectivity index (χ0n) is 13.6. The Morgan fingerprint density at radius 2 is 1.96 bits per heavy atom. The van der Waals surface area contributed by atoms with Crippen LogP contribution in [0.15, 0.2) is 29.6 Å². The Hall–Kier alpha value is -2.06. The molecule has 2 aromatic rings. The van der Waals surface area contributed by atoms with Crippen molar-refractivity contribution in [3.8, 4) is 5.75 Å². The minimum Gasteiger partial charge on any atom is -0.435 e. The van der Waals surface area contributed by atoms with Crippen molar-refractivity contribution in [1.29, 1.82) is 0 Å². The van der Waals surface area contributed by atoms with E-state index in [0.29, 0.717) is 10.7 Å². The number of carbonyl (C=O) groups excluding carboxylic acids is 1. The molecule has 25 heavy (non-hydrogen) atoms. The maximum absolute atomic E-state index is 12.2. The summed E-state index contributed by atoms with van der Waals surface area (Å²) in [5.74, 6) is -0.313. The summed E-state index contributed by atoms with van der Waals surface area (Å²) in [6.45, 7) is 0.0955. The third-order valence-electron chi connectivity index (χ3n) is 3.95. The highest BCUT2D eigenvalue weighted by atomic mass is 32.1. The zero-order chi connectivity index (χ0) is 17.6. The van der Waals surface area contributed by atoms with E-state index in [1.54, 1.807) is 0 Å².